The summed E-state index contributed by atoms with van der Waals surface area (Å²) in [6, 6.07) is 8.78. The van der Waals surface area contributed by atoms with Gasteiger partial charge in [-0.05, 0) is 55.0 Å². The number of pyridine rings is 1. The fourth-order valence-electron chi connectivity index (χ4n) is 3.53. The van der Waals surface area contributed by atoms with Crippen LogP contribution in [0.1, 0.15) is 36.7 Å². The highest BCUT2D eigenvalue weighted by Crippen LogP contribution is 2.37. The Morgan fingerprint density at radius 2 is 1.97 bits per heavy atom. The molecule has 4 rings (SSSR count). The zero-order valence-electron chi connectivity index (χ0n) is 19.2. The fraction of sp³-hybridized carbons (Fsp3) is 0.250. The Kier molecular flexibility index (Phi) is 7.57. The first-order chi connectivity index (χ1) is 16.9. The van der Waals surface area contributed by atoms with Gasteiger partial charge in [0, 0.05) is 11.1 Å². The van der Waals surface area contributed by atoms with E-state index in [-0.39, 0.29) is 17.9 Å². The molecule has 0 bridgehead atoms. The van der Waals surface area contributed by atoms with Crippen molar-refractivity contribution in [1.29, 1.82) is 0 Å². The summed E-state index contributed by atoms with van der Waals surface area (Å²) < 4.78 is 20.9. The zero-order valence-corrected chi connectivity index (χ0v) is 20.8. The van der Waals surface area contributed by atoms with Crippen LogP contribution in [0.3, 0.4) is 0 Å². The number of ether oxygens (including phenoxy) is 4. The maximum Gasteiger partial charge on any atom is 0.341 e. The van der Waals surface area contributed by atoms with Gasteiger partial charge in [0.25, 0.3) is 5.91 Å². The van der Waals surface area contributed by atoms with E-state index < -0.39 is 24.5 Å². The number of esters is 2. The summed E-state index contributed by atoms with van der Waals surface area (Å²) in [5, 5.41) is 3.52. The molecule has 182 valence electrons. The maximum atomic E-state index is 12.6. The molecule has 0 unspecified atom stereocenters. The second kappa shape index (κ2) is 10.8. The van der Waals surface area contributed by atoms with Crippen LogP contribution in [0.25, 0.3) is 0 Å². The molecular formula is C24H22N2O7S2. The normalized spacial score (nSPS) is 11.7. The van der Waals surface area contributed by atoms with Gasteiger partial charge in [0.15, 0.2) is 18.1 Å². The molecule has 9 nitrogen and oxygen atoms in total. The summed E-state index contributed by atoms with van der Waals surface area (Å²) in [5.41, 5.74) is 2.19. The number of rotatable bonds is 8. The topological polar surface area (TPSA) is 113 Å². The first-order valence-electron chi connectivity index (χ1n) is 10.5. The average molecular weight is 515 g/mol. The molecule has 0 spiro atoms. The minimum Gasteiger partial charge on any atom is -0.465 e. The molecule has 1 aliphatic heterocycles. The number of aromatic nitrogens is 1. The van der Waals surface area contributed by atoms with Gasteiger partial charge in [-0.1, -0.05) is 6.07 Å². The number of hydrogen-bond acceptors (Lipinski definition) is 10. The van der Waals surface area contributed by atoms with Crippen molar-refractivity contribution in [2.24, 2.45) is 0 Å². The molecule has 0 saturated carbocycles. The number of nitrogens with zero attached hydrogens (tertiary/aromatic N) is 1. The van der Waals surface area contributed by atoms with Gasteiger partial charge < -0.3 is 24.3 Å². The number of hydrogen-bond donors (Lipinski definition) is 1. The van der Waals surface area contributed by atoms with E-state index in [4.69, 9.17) is 18.9 Å². The van der Waals surface area contributed by atoms with Gasteiger partial charge in [-0.2, -0.15) is 0 Å². The summed E-state index contributed by atoms with van der Waals surface area (Å²) in [6.07, 6.45) is 3.79. The predicted molar refractivity (Wildman–Crippen MR) is 131 cm³/mol. The second-order valence-electron chi connectivity index (χ2n) is 7.38. The lowest BCUT2D eigenvalue weighted by Gasteiger charge is -2.09. The number of benzene rings is 1. The summed E-state index contributed by atoms with van der Waals surface area (Å²) in [7, 11) is 1.28. The third kappa shape index (κ3) is 5.41. The maximum absolute atomic E-state index is 12.6. The smallest absolute Gasteiger partial charge is 0.341 e. The molecule has 0 fully saturated rings. The molecule has 0 saturated heterocycles. The standard InChI is InChI=1S/C24H22N2O7S2/c1-13-16(9-14-6-7-17-18(10-14)33-12-32-17)20(24(29)30-2)22(35-13)26-19(27)11-31-23(28)15-5-4-8-25-21(15)34-3/h4-8,10H,9,11-12H2,1-3H3,(H,26,27). The van der Waals surface area contributed by atoms with E-state index in [1.165, 1.54) is 30.2 Å². The van der Waals surface area contributed by atoms with Crippen molar-refractivity contribution >= 4 is 45.9 Å². The van der Waals surface area contributed by atoms with E-state index >= 15 is 0 Å². The lowest BCUT2D eigenvalue weighted by molar-refractivity contribution is -0.119. The van der Waals surface area contributed by atoms with E-state index in [0.717, 1.165) is 16.0 Å². The van der Waals surface area contributed by atoms with Crippen molar-refractivity contribution in [2.75, 3.05) is 32.1 Å². The van der Waals surface area contributed by atoms with Crippen LogP contribution in [0.15, 0.2) is 41.6 Å². The third-order valence-corrected chi connectivity index (χ3v) is 6.96. The Hall–Kier alpha value is -3.57. The van der Waals surface area contributed by atoms with Crippen molar-refractivity contribution in [1.82, 2.24) is 4.98 Å². The molecule has 0 aliphatic carbocycles. The number of nitrogens with one attached hydrogen (secondary N) is 1. The molecule has 1 aromatic carbocycles. The van der Waals surface area contributed by atoms with Gasteiger partial charge in [0.2, 0.25) is 6.79 Å². The van der Waals surface area contributed by atoms with Crippen LogP contribution in [0.2, 0.25) is 0 Å². The molecule has 0 radical (unpaired) electrons. The van der Waals surface area contributed by atoms with Crippen LogP contribution < -0.4 is 14.8 Å². The Morgan fingerprint density at radius 3 is 2.74 bits per heavy atom. The molecule has 0 atom stereocenters. The molecule has 1 amide bonds. The summed E-state index contributed by atoms with van der Waals surface area (Å²) in [4.78, 5) is 42.6. The van der Waals surface area contributed by atoms with Gasteiger partial charge in [-0.15, -0.1) is 23.1 Å². The highest BCUT2D eigenvalue weighted by molar-refractivity contribution is 7.98. The molecule has 11 heteroatoms. The zero-order chi connectivity index (χ0) is 24.9. The minimum atomic E-state index is -0.656. The van der Waals surface area contributed by atoms with E-state index in [0.29, 0.717) is 27.9 Å². The first-order valence-corrected chi connectivity index (χ1v) is 12.5. The van der Waals surface area contributed by atoms with Crippen molar-refractivity contribution in [3.8, 4) is 11.5 Å². The number of carbonyl (C=O) groups is 3. The van der Waals surface area contributed by atoms with Gasteiger partial charge >= 0.3 is 11.9 Å². The number of aryl methyl sites for hydroxylation is 1. The van der Waals surface area contributed by atoms with E-state index in [1.807, 2.05) is 25.1 Å². The molecule has 3 heterocycles. The number of amides is 1. The highest BCUT2D eigenvalue weighted by atomic mass is 32.2. The Bertz CT molecular complexity index is 1290. The van der Waals surface area contributed by atoms with E-state index in [2.05, 4.69) is 10.3 Å². The molecule has 35 heavy (non-hydrogen) atoms. The van der Waals surface area contributed by atoms with Crippen molar-refractivity contribution in [3.05, 3.63) is 63.7 Å². The molecule has 3 aromatic rings. The van der Waals surface area contributed by atoms with Gasteiger partial charge in [-0.3, -0.25) is 4.79 Å². The second-order valence-corrected chi connectivity index (χ2v) is 9.40. The van der Waals surface area contributed by atoms with Crippen LogP contribution in [0.4, 0.5) is 5.00 Å². The predicted octanol–water partition coefficient (Wildman–Crippen LogP) is 4.08. The number of anilines is 1. The Labute approximate surface area is 209 Å². The molecule has 1 N–H and O–H groups in total. The van der Waals surface area contributed by atoms with Crippen LogP contribution in [0, 0.1) is 6.92 Å². The van der Waals surface area contributed by atoms with Gasteiger partial charge in [0.05, 0.1) is 18.2 Å². The van der Waals surface area contributed by atoms with E-state index in [1.54, 1.807) is 24.6 Å². The molecule has 2 aromatic heterocycles. The number of thioether (sulfide) groups is 1. The van der Waals surface area contributed by atoms with Crippen molar-refractivity contribution < 1.29 is 33.3 Å². The number of thiophene rings is 1. The summed E-state index contributed by atoms with van der Waals surface area (Å²) >= 11 is 2.55. The lowest BCUT2D eigenvalue weighted by atomic mass is 10.0. The quantitative estimate of drug-likeness (QED) is 0.351. The lowest BCUT2D eigenvalue weighted by Crippen LogP contribution is -2.22. The molecular weight excluding hydrogens is 492 g/mol. The fourth-order valence-corrected chi connectivity index (χ4v) is 5.15. The SMILES string of the molecule is COC(=O)c1c(NC(=O)COC(=O)c2cccnc2SC)sc(C)c1Cc1ccc2c(c1)OCO2. The van der Waals surface area contributed by atoms with Crippen LogP contribution in [-0.4, -0.2) is 49.6 Å². The van der Waals surface area contributed by atoms with Crippen molar-refractivity contribution in [3.63, 3.8) is 0 Å². The first kappa shape index (κ1) is 24.6. The average Bonchev–Trinajstić information content (AvgIpc) is 3.45. The highest BCUT2D eigenvalue weighted by Gasteiger charge is 2.25. The third-order valence-electron chi connectivity index (χ3n) is 5.19. The van der Waals surface area contributed by atoms with Crippen molar-refractivity contribution in [2.45, 2.75) is 18.4 Å². The number of carbonyl (C=O) groups excluding carboxylic acids is 3. The van der Waals surface area contributed by atoms with Crippen LogP contribution >= 0.6 is 23.1 Å². The molecule has 1 aliphatic rings. The number of fused-ring (bicyclic) bond motifs is 1. The minimum absolute atomic E-state index is 0.170. The van der Waals surface area contributed by atoms with Gasteiger partial charge in [0.1, 0.15) is 10.0 Å². The van der Waals surface area contributed by atoms with Crippen LogP contribution in [0.5, 0.6) is 11.5 Å². The Balaban J connectivity index is 1.49. The summed E-state index contributed by atoms with van der Waals surface area (Å²) in [6.45, 7) is 1.52. The summed E-state index contributed by atoms with van der Waals surface area (Å²) in [5.74, 6) is -0.492. The van der Waals surface area contributed by atoms with Crippen LogP contribution in [-0.2, 0) is 20.7 Å². The number of methoxy groups -OCH3 is 1. The largest absolute Gasteiger partial charge is 0.465 e. The monoisotopic (exact) mass is 514 g/mol. The van der Waals surface area contributed by atoms with E-state index in [9.17, 15) is 14.4 Å². The Morgan fingerprint density at radius 1 is 1.17 bits per heavy atom. The van der Waals surface area contributed by atoms with Gasteiger partial charge in [-0.25, -0.2) is 14.6 Å².